The van der Waals surface area contributed by atoms with Crippen molar-refractivity contribution in [3.63, 3.8) is 0 Å². The van der Waals surface area contributed by atoms with E-state index in [1.54, 1.807) is 12.1 Å². The molecule has 0 radical (unpaired) electrons. The van der Waals surface area contributed by atoms with Gasteiger partial charge in [-0.05, 0) is 6.07 Å². The molecule has 0 fully saturated rings. The number of aromatic nitrogens is 2. The Morgan fingerprint density at radius 3 is 2.94 bits per heavy atom. The second kappa shape index (κ2) is 4.25. The molecule has 0 atom stereocenters. The number of nitrogens with zero attached hydrogens (tertiary/aromatic N) is 2. The molecule has 0 saturated heterocycles. The number of rotatable bonds is 3. The molecule has 2 aromatic rings. The monoisotopic (exact) mass is 234 g/mol. The summed E-state index contributed by atoms with van der Waals surface area (Å²) in [5.41, 5.74) is 0.290. The van der Waals surface area contributed by atoms with Crippen LogP contribution in [0.1, 0.15) is 5.69 Å². The van der Waals surface area contributed by atoms with Crippen LogP contribution in [0.4, 0.5) is 0 Å². The third kappa shape index (κ3) is 2.25. The van der Waals surface area contributed by atoms with Crippen LogP contribution < -0.4 is 10.3 Å². The normalized spacial score (nSPS) is 10.4. The summed E-state index contributed by atoms with van der Waals surface area (Å²) in [6, 6.07) is 4.42. The molecular formula is C11H10N2O4. The largest absolute Gasteiger partial charge is 0.497 e. The molecule has 88 valence electrons. The van der Waals surface area contributed by atoms with Gasteiger partial charge < -0.3 is 9.84 Å². The van der Waals surface area contributed by atoms with Gasteiger partial charge in [0.05, 0.1) is 19.2 Å². The van der Waals surface area contributed by atoms with Crippen LogP contribution in [0.2, 0.25) is 0 Å². The zero-order valence-corrected chi connectivity index (χ0v) is 9.08. The molecule has 2 heterocycles. The van der Waals surface area contributed by atoms with Crippen LogP contribution in [-0.2, 0) is 11.2 Å². The van der Waals surface area contributed by atoms with Crippen LogP contribution in [0, 0.1) is 0 Å². The summed E-state index contributed by atoms with van der Waals surface area (Å²) in [4.78, 5) is 26.3. The molecule has 0 aliphatic carbocycles. The lowest BCUT2D eigenvalue weighted by atomic mass is 10.3. The van der Waals surface area contributed by atoms with Gasteiger partial charge in [0.2, 0.25) is 0 Å². The van der Waals surface area contributed by atoms with E-state index in [0.29, 0.717) is 11.4 Å². The first kappa shape index (κ1) is 11.1. The van der Waals surface area contributed by atoms with Gasteiger partial charge in [-0.25, -0.2) is 4.98 Å². The molecule has 1 N–H and O–H groups in total. The molecule has 0 amide bonds. The van der Waals surface area contributed by atoms with Crippen molar-refractivity contribution in [2.45, 2.75) is 6.42 Å². The predicted molar refractivity (Wildman–Crippen MR) is 59.4 cm³/mol. The Bertz CT molecular complexity index is 633. The van der Waals surface area contributed by atoms with Crippen LogP contribution in [-0.4, -0.2) is 27.6 Å². The summed E-state index contributed by atoms with van der Waals surface area (Å²) in [7, 11) is 1.51. The number of pyridine rings is 1. The van der Waals surface area contributed by atoms with Gasteiger partial charge >= 0.3 is 5.97 Å². The van der Waals surface area contributed by atoms with Crippen LogP contribution in [0.15, 0.2) is 29.2 Å². The highest BCUT2D eigenvalue weighted by Crippen LogP contribution is 2.11. The second-order valence-electron chi connectivity index (χ2n) is 3.45. The van der Waals surface area contributed by atoms with Crippen LogP contribution in [0.5, 0.6) is 5.75 Å². The quantitative estimate of drug-likeness (QED) is 0.827. The van der Waals surface area contributed by atoms with Crippen molar-refractivity contribution in [2.75, 3.05) is 7.11 Å². The minimum atomic E-state index is -1.02. The van der Waals surface area contributed by atoms with E-state index in [-0.39, 0.29) is 17.7 Å². The van der Waals surface area contributed by atoms with Gasteiger partial charge in [0.1, 0.15) is 11.4 Å². The topological polar surface area (TPSA) is 80.9 Å². The molecule has 0 bridgehead atoms. The van der Waals surface area contributed by atoms with Crippen molar-refractivity contribution in [3.8, 4) is 5.75 Å². The van der Waals surface area contributed by atoms with Gasteiger partial charge in [0, 0.05) is 18.3 Å². The first-order valence-electron chi connectivity index (χ1n) is 4.88. The molecule has 2 aromatic heterocycles. The Labute approximate surface area is 96.1 Å². The van der Waals surface area contributed by atoms with Gasteiger partial charge in [-0.15, -0.1) is 0 Å². The van der Waals surface area contributed by atoms with E-state index in [4.69, 9.17) is 9.84 Å². The molecule has 2 rings (SSSR count). The van der Waals surface area contributed by atoms with Gasteiger partial charge in [0.25, 0.3) is 5.56 Å². The van der Waals surface area contributed by atoms with E-state index < -0.39 is 5.97 Å². The van der Waals surface area contributed by atoms with E-state index >= 15 is 0 Å². The number of methoxy groups -OCH3 is 1. The van der Waals surface area contributed by atoms with E-state index in [9.17, 15) is 9.59 Å². The number of hydrogen-bond acceptors (Lipinski definition) is 4. The molecule has 17 heavy (non-hydrogen) atoms. The van der Waals surface area contributed by atoms with Gasteiger partial charge in [-0.3, -0.25) is 14.0 Å². The van der Waals surface area contributed by atoms with Crippen molar-refractivity contribution in [2.24, 2.45) is 0 Å². The Balaban J connectivity index is 2.61. The first-order chi connectivity index (χ1) is 8.10. The summed E-state index contributed by atoms with van der Waals surface area (Å²) in [5.74, 6) is -0.464. The Hall–Kier alpha value is -2.37. The smallest absolute Gasteiger partial charge is 0.309 e. The highest BCUT2D eigenvalue weighted by Gasteiger charge is 2.06. The lowest BCUT2D eigenvalue weighted by Gasteiger charge is -2.04. The highest BCUT2D eigenvalue weighted by atomic mass is 16.5. The predicted octanol–water partition coefficient (Wildman–Crippen LogP) is 0.330. The number of aliphatic carboxylic acids is 1. The molecule has 0 aliphatic rings. The van der Waals surface area contributed by atoms with Crippen molar-refractivity contribution in [1.29, 1.82) is 0 Å². The number of hydrogen-bond donors (Lipinski definition) is 1. The van der Waals surface area contributed by atoms with E-state index in [1.807, 2.05) is 0 Å². The van der Waals surface area contributed by atoms with Gasteiger partial charge in [-0.1, -0.05) is 0 Å². The van der Waals surface area contributed by atoms with Crippen LogP contribution in [0.25, 0.3) is 5.65 Å². The molecule has 0 spiro atoms. The van der Waals surface area contributed by atoms with Gasteiger partial charge in [0.15, 0.2) is 0 Å². The van der Waals surface area contributed by atoms with E-state index in [1.165, 1.54) is 23.8 Å². The Morgan fingerprint density at radius 1 is 1.53 bits per heavy atom. The van der Waals surface area contributed by atoms with Crippen molar-refractivity contribution in [3.05, 3.63) is 40.4 Å². The fraction of sp³-hybridized carbons (Fsp3) is 0.182. The summed E-state index contributed by atoms with van der Waals surface area (Å²) in [6.45, 7) is 0. The fourth-order valence-electron chi connectivity index (χ4n) is 1.51. The lowest BCUT2D eigenvalue weighted by Crippen LogP contribution is -2.16. The average molecular weight is 234 g/mol. The Morgan fingerprint density at radius 2 is 2.29 bits per heavy atom. The average Bonchev–Trinajstić information content (AvgIpc) is 2.27. The third-order valence-electron chi connectivity index (χ3n) is 2.26. The minimum Gasteiger partial charge on any atom is -0.497 e. The van der Waals surface area contributed by atoms with Crippen LogP contribution >= 0.6 is 0 Å². The molecule has 0 aromatic carbocycles. The summed E-state index contributed by atoms with van der Waals surface area (Å²) in [5, 5.41) is 8.66. The number of carbonyl (C=O) groups is 1. The second-order valence-corrected chi connectivity index (χ2v) is 3.45. The summed E-state index contributed by atoms with van der Waals surface area (Å²) >= 11 is 0. The molecule has 0 aliphatic heterocycles. The lowest BCUT2D eigenvalue weighted by molar-refractivity contribution is -0.136. The zero-order chi connectivity index (χ0) is 12.4. The summed E-state index contributed by atoms with van der Waals surface area (Å²) in [6.07, 6.45) is 1.26. The summed E-state index contributed by atoms with van der Waals surface area (Å²) < 4.78 is 6.34. The van der Waals surface area contributed by atoms with Crippen molar-refractivity contribution >= 4 is 11.6 Å². The van der Waals surface area contributed by atoms with Crippen LogP contribution in [0.3, 0.4) is 0 Å². The third-order valence-corrected chi connectivity index (χ3v) is 2.26. The number of carboxylic acids is 1. The molecule has 6 heteroatoms. The zero-order valence-electron chi connectivity index (χ0n) is 9.08. The fourth-order valence-corrected chi connectivity index (χ4v) is 1.51. The number of carboxylic acid groups (broad SMARTS) is 1. The molecule has 6 nitrogen and oxygen atoms in total. The van der Waals surface area contributed by atoms with Crippen molar-refractivity contribution in [1.82, 2.24) is 9.38 Å². The van der Waals surface area contributed by atoms with E-state index in [2.05, 4.69) is 4.98 Å². The Kier molecular flexibility index (Phi) is 2.78. The van der Waals surface area contributed by atoms with Crippen molar-refractivity contribution < 1.29 is 14.6 Å². The number of ether oxygens (including phenoxy) is 1. The maximum absolute atomic E-state index is 11.7. The first-order valence-corrected chi connectivity index (χ1v) is 4.88. The molecule has 0 unspecified atom stereocenters. The molecular weight excluding hydrogens is 224 g/mol. The minimum absolute atomic E-state index is 0.232. The highest BCUT2D eigenvalue weighted by molar-refractivity contribution is 5.69. The van der Waals surface area contributed by atoms with Gasteiger partial charge in [-0.2, -0.15) is 0 Å². The molecule has 0 saturated carbocycles. The SMILES string of the molecule is COc1ccn2c(=O)cc(CC(=O)O)nc2c1. The number of fused-ring (bicyclic) bond motifs is 1. The standard InChI is InChI=1S/C11H10N2O4/c1-17-8-2-3-13-9(6-8)12-7(4-10(13)14)5-11(15)16/h2-4,6H,5H2,1H3,(H,15,16). The maximum atomic E-state index is 11.7. The van der Waals surface area contributed by atoms with E-state index in [0.717, 1.165) is 0 Å². The maximum Gasteiger partial charge on any atom is 0.309 e.